The van der Waals surface area contributed by atoms with Crippen LogP contribution in [-0.2, 0) is 0 Å². The third kappa shape index (κ3) is 2.57. The number of hydrogen-bond acceptors (Lipinski definition) is 4. The molecule has 2 N–H and O–H groups in total. The van der Waals surface area contributed by atoms with Crippen LogP contribution in [0.5, 0.6) is 0 Å². The number of carbonyl (C=O) groups excluding carboxylic acids is 2. The molecule has 0 aromatic carbocycles. The lowest BCUT2D eigenvalue weighted by Gasteiger charge is -2.26. The molecule has 2 amide bonds. The molecule has 0 spiro atoms. The molecule has 1 aromatic heterocycles. The third-order valence-corrected chi connectivity index (χ3v) is 3.28. The van der Waals surface area contributed by atoms with Crippen molar-refractivity contribution < 1.29 is 9.59 Å². The highest BCUT2D eigenvalue weighted by molar-refractivity contribution is 7.14. The number of aromatic nitrogens is 1. The second-order valence-electron chi connectivity index (χ2n) is 3.82. The van der Waals surface area contributed by atoms with Crippen molar-refractivity contribution in [2.24, 2.45) is 0 Å². The van der Waals surface area contributed by atoms with Gasteiger partial charge < -0.3 is 5.32 Å². The number of carbonyl (C=O) groups is 2. The Morgan fingerprint density at radius 3 is 2.75 bits per heavy atom. The Morgan fingerprint density at radius 2 is 2.25 bits per heavy atom. The topological polar surface area (TPSA) is 71.1 Å². The van der Waals surface area contributed by atoms with Crippen molar-refractivity contribution in [1.29, 1.82) is 0 Å². The zero-order chi connectivity index (χ0) is 11.5. The van der Waals surface area contributed by atoms with Gasteiger partial charge in [0.15, 0.2) is 10.9 Å². The number of nitrogens with zero attached hydrogens (tertiary/aromatic N) is 1. The van der Waals surface area contributed by atoms with Crippen LogP contribution in [0.2, 0.25) is 0 Å². The van der Waals surface area contributed by atoms with Crippen LogP contribution in [0.3, 0.4) is 0 Å². The number of thiazole rings is 1. The molecule has 0 aliphatic heterocycles. The van der Waals surface area contributed by atoms with Crippen LogP contribution >= 0.6 is 11.3 Å². The fourth-order valence-corrected chi connectivity index (χ4v) is 2.11. The fraction of sp³-hybridized carbons (Fsp3) is 0.500. The van der Waals surface area contributed by atoms with Gasteiger partial charge in [-0.2, -0.15) is 0 Å². The van der Waals surface area contributed by atoms with Gasteiger partial charge in [-0.3, -0.25) is 10.1 Å². The monoisotopic (exact) mass is 239 g/mol. The van der Waals surface area contributed by atoms with E-state index in [1.807, 2.05) is 0 Å². The number of anilines is 1. The Labute approximate surface area is 97.3 Å². The first-order valence-electron chi connectivity index (χ1n) is 5.19. The van der Waals surface area contributed by atoms with Gasteiger partial charge in [-0.05, 0) is 19.3 Å². The molecule has 1 saturated carbocycles. The minimum atomic E-state index is -0.242. The van der Waals surface area contributed by atoms with Crippen LogP contribution in [0.25, 0.3) is 0 Å². The second kappa shape index (κ2) is 4.61. The fourth-order valence-electron chi connectivity index (χ4n) is 1.36. The van der Waals surface area contributed by atoms with E-state index in [1.54, 1.807) is 5.38 Å². The van der Waals surface area contributed by atoms with Crippen molar-refractivity contribution in [1.82, 2.24) is 10.3 Å². The van der Waals surface area contributed by atoms with Gasteiger partial charge >= 0.3 is 6.03 Å². The molecule has 0 bridgehead atoms. The largest absolute Gasteiger partial charge is 0.335 e. The average Bonchev–Trinajstić information content (AvgIpc) is 2.60. The Balaban J connectivity index is 1.87. The number of amides is 2. The summed E-state index contributed by atoms with van der Waals surface area (Å²) in [7, 11) is 0. The maximum Gasteiger partial charge on any atom is 0.321 e. The van der Waals surface area contributed by atoms with Crippen molar-refractivity contribution in [3.05, 3.63) is 11.1 Å². The second-order valence-corrected chi connectivity index (χ2v) is 4.68. The molecular formula is C10H13N3O2S. The van der Waals surface area contributed by atoms with E-state index >= 15 is 0 Å². The van der Waals surface area contributed by atoms with Crippen LogP contribution in [0.4, 0.5) is 9.93 Å². The molecular weight excluding hydrogens is 226 g/mol. The summed E-state index contributed by atoms with van der Waals surface area (Å²) in [5, 5.41) is 7.56. The van der Waals surface area contributed by atoms with E-state index in [0.717, 1.165) is 12.8 Å². The standard InChI is InChI=1S/C10H13N3O2S/c1-6(14)8-5-16-10(12-8)13-9(15)11-7-3-2-4-7/h5,7H,2-4H2,1H3,(H2,11,12,13,15). The number of urea groups is 1. The highest BCUT2D eigenvalue weighted by atomic mass is 32.1. The Morgan fingerprint density at radius 1 is 1.50 bits per heavy atom. The SMILES string of the molecule is CC(=O)c1csc(NC(=O)NC2CCC2)n1. The van der Waals surface area contributed by atoms with E-state index in [9.17, 15) is 9.59 Å². The number of nitrogens with one attached hydrogen (secondary N) is 2. The number of Topliss-reactive ketones (excluding diaryl/α,β-unsaturated/α-hetero) is 1. The highest BCUT2D eigenvalue weighted by Crippen LogP contribution is 2.19. The zero-order valence-corrected chi connectivity index (χ0v) is 9.76. The summed E-state index contributed by atoms with van der Waals surface area (Å²) < 4.78 is 0. The molecule has 0 atom stereocenters. The van der Waals surface area contributed by atoms with Crippen LogP contribution in [0, 0.1) is 0 Å². The first kappa shape index (κ1) is 11.1. The predicted octanol–water partition coefficient (Wildman–Crippen LogP) is 2.02. The van der Waals surface area contributed by atoms with Gasteiger partial charge in [-0.15, -0.1) is 11.3 Å². The lowest BCUT2D eigenvalue weighted by Crippen LogP contribution is -2.41. The molecule has 0 saturated heterocycles. The van der Waals surface area contributed by atoms with Crippen molar-refractivity contribution in [2.75, 3.05) is 5.32 Å². The van der Waals surface area contributed by atoms with Gasteiger partial charge in [-0.1, -0.05) is 0 Å². The van der Waals surface area contributed by atoms with Crippen LogP contribution in [0.15, 0.2) is 5.38 Å². The van der Waals surface area contributed by atoms with E-state index in [4.69, 9.17) is 0 Å². The summed E-state index contributed by atoms with van der Waals surface area (Å²) in [6.45, 7) is 1.45. The molecule has 1 fully saturated rings. The lowest BCUT2D eigenvalue weighted by molar-refractivity contribution is 0.101. The minimum absolute atomic E-state index is 0.0938. The molecule has 16 heavy (non-hydrogen) atoms. The predicted molar refractivity (Wildman–Crippen MR) is 61.9 cm³/mol. The zero-order valence-electron chi connectivity index (χ0n) is 8.95. The summed E-state index contributed by atoms with van der Waals surface area (Å²) >= 11 is 1.26. The molecule has 1 aliphatic rings. The van der Waals surface area contributed by atoms with E-state index in [-0.39, 0.29) is 11.8 Å². The van der Waals surface area contributed by atoms with Crippen LogP contribution < -0.4 is 10.6 Å². The first-order chi connectivity index (χ1) is 7.65. The summed E-state index contributed by atoms with van der Waals surface area (Å²) in [6.07, 6.45) is 3.27. The smallest absolute Gasteiger partial charge is 0.321 e. The normalized spacial score (nSPS) is 15.3. The maximum absolute atomic E-state index is 11.5. The minimum Gasteiger partial charge on any atom is -0.335 e. The van der Waals surface area contributed by atoms with E-state index in [2.05, 4.69) is 15.6 Å². The molecule has 0 radical (unpaired) electrons. The molecule has 1 aromatic rings. The van der Waals surface area contributed by atoms with Gasteiger partial charge in [0.25, 0.3) is 0 Å². The maximum atomic E-state index is 11.5. The van der Waals surface area contributed by atoms with Gasteiger partial charge in [0.1, 0.15) is 5.69 Å². The average molecular weight is 239 g/mol. The number of ketones is 1. The number of hydrogen-bond donors (Lipinski definition) is 2. The van der Waals surface area contributed by atoms with Gasteiger partial charge in [0, 0.05) is 18.3 Å². The van der Waals surface area contributed by atoms with Crippen molar-refractivity contribution in [2.45, 2.75) is 32.2 Å². The molecule has 1 heterocycles. The van der Waals surface area contributed by atoms with Gasteiger partial charge in [0.05, 0.1) is 0 Å². The Kier molecular flexibility index (Phi) is 3.19. The van der Waals surface area contributed by atoms with E-state index in [0.29, 0.717) is 16.9 Å². The molecule has 2 rings (SSSR count). The van der Waals surface area contributed by atoms with E-state index in [1.165, 1.54) is 24.7 Å². The molecule has 5 nitrogen and oxygen atoms in total. The van der Waals surface area contributed by atoms with Crippen molar-refractivity contribution in [3.63, 3.8) is 0 Å². The summed E-state index contributed by atoms with van der Waals surface area (Å²) in [6, 6.07) is 0.0568. The molecule has 1 aliphatic carbocycles. The summed E-state index contributed by atoms with van der Waals surface area (Å²) in [5.41, 5.74) is 0.393. The summed E-state index contributed by atoms with van der Waals surface area (Å²) in [5.74, 6) is -0.0938. The summed E-state index contributed by atoms with van der Waals surface area (Å²) in [4.78, 5) is 26.4. The molecule has 0 unspecified atom stereocenters. The number of rotatable bonds is 3. The molecule has 6 heteroatoms. The van der Waals surface area contributed by atoms with Gasteiger partial charge in [0.2, 0.25) is 0 Å². The lowest BCUT2D eigenvalue weighted by atomic mass is 9.93. The third-order valence-electron chi connectivity index (χ3n) is 2.53. The van der Waals surface area contributed by atoms with Crippen molar-refractivity contribution >= 4 is 28.3 Å². The highest BCUT2D eigenvalue weighted by Gasteiger charge is 2.19. The quantitative estimate of drug-likeness (QED) is 0.793. The van der Waals surface area contributed by atoms with Crippen LogP contribution in [0.1, 0.15) is 36.7 Å². The molecule has 86 valence electrons. The first-order valence-corrected chi connectivity index (χ1v) is 6.07. The van der Waals surface area contributed by atoms with Crippen molar-refractivity contribution in [3.8, 4) is 0 Å². The van der Waals surface area contributed by atoms with E-state index < -0.39 is 0 Å². The Hall–Kier alpha value is -1.43. The Bertz CT molecular complexity index is 412. The van der Waals surface area contributed by atoms with Gasteiger partial charge in [-0.25, -0.2) is 9.78 Å². The van der Waals surface area contributed by atoms with Crippen LogP contribution in [-0.4, -0.2) is 22.8 Å².